The maximum Gasteiger partial charge on any atom is 0.242 e. The van der Waals surface area contributed by atoms with Gasteiger partial charge in [0.15, 0.2) is 5.17 Å². The zero-order chi connectivity index (χ0) is 21.1. The van der Waals surface area contributed by atoms with E-state index < -0.39 is 0 Å². The molecule has 0 radical (unpaired) electrons. The first kappa shape index (κ1) is 18.6. The monoisotopic (exact) mass is 430 g/mol. The molecule has 0 aromatic heterocycles. The number of fused-ring (bicyclic) bond motifs is 5. The third-order valence-corrected chi connectivity index (χ3v) is 7.17. The lowest BCUT2D eigenvalue weighted by Gasteiger charge is -2.34. The van der Waals surface area contributed by atoms with Gasteiger partial charge in [0, 0.05) is 17.4 Å². The van der Waals surface area contributed by atoms with Gasteiger partial charge in [-0.2, -0.15) is 0 Å². The predicted octanol–water partition coefficient (Wildman–Crippen LogP) is 5.55. The average molecular weight is 431 g/mol. The van der Waals surface area contributed by atoms with Gasteiger partial charge in [0.2, 0.25) is 5.91 Å². The third-order valence-electron chi connectivity index (χ3n) is 6.11. The maximum absolute atomic E-state index is 13.7. The zero-order valence-corrected chi connectivity index (χ0v) is 17.7. The number of carbonyl (C=O) groups is 1. The van der Waals surface area contributed by atoms with Crippen LogP contribution >= 0.6 is 11.8 Å². The van der Waals surface area contributed by atoms with Gasteiger partial charge in [-0.1, -0.05) is 54.2 Å². The molecule has 1 saturated heterocycles. The Kier molecular flexibility index (Phi) is 4.18. The number of hydrogen-bond donors (Lipinski definition) is 0. The van der Waals surface area contributed by atoms with Crippen LogP contribution in [0.2, 0.25) is 0 Å². The number of carbonyl (C=O) groups excluding carboxylic acids is 1. The van der Waals surface area contributed by atoms with Crippen molar-refractivity contribution in [3.8, 4) is 5.75 Å². The van der Waals surface area contributed by atoms with Crippen LogP contribution in [-0.4, -0.2) is 27.8 Å². The summed E-state index contributed by atoms with van der Waals surface area (Å²) in [7, 11) is 0. The highest BCUT2D eigenvalue weighted by Crippen LogP contribution is 2.49. The molecular weight excluding hydrogens is 411 g/mol. The molecule has 0 bridgehead atoms. The van der Waals surface area contributed by atoms with E-state index in [4.69, 9.17) is 9.73 Å². The topological polar surface area (TPSA) is 41.9 Å². The van der Waals surface area contributed by atoms with E-state index in [1.54, 1.807) is 17.0 Å². The van der Waals surface area contributed by atoms with Crippen molar-refractivity contribution in [2.45, 2.75) is 24.6 Å². The molecule has 3 aromatic rings. The third kappa shape index (κ3) is 2.82. The van der Waals surface area contributed by atoms with Crippen molar-refractivity contribution in [2.24, 2.45) is 4.99 Å². The molecule has 3 aliphatic heterocycles. The highest BCUT2D eigenvalue weighted by molar-refractivity contribution is 8.15. The van der Waals surface area contributed by atoms with Crippen LogP contribution in [0.1, 0.15) is 30.5 Å². The summed E-state index contributed by atoms with van der Waals surface area (Å²) in [5.41, 5.74) is 3.73. The van der Waals surface area contributed by atoms with Crippen LogP contribution in [0.4, 0.5) is 4.39 Å². The molecule has 0 saturated carbocycles. The number of thioether (sulfide) groups is 1. The van der Waals surface area contributed by atoms with Crippen LogP contribution in [0.3, 0.4) is 0 Å². The second-order valence-corrected chi connectivity index (χ2v) is 9.26. The number of aliphatic imine (C=N–C) groups is 1. The Morgan fingerprint density at radius 1 is 1.10 bits per heavy atom. The van der Waals surface area contributed by atoms with E-state index in [9.17, 15) is 9.18 Å². The minimum Gasteiger partial charge on any atom is -0.492 e. The number of nitrogens with zero attached hydrogens (tertiary/aromatic N) is 2. The normalized spacial score (nSPS) is 22.5. The Balaban J connectivity index is 1.61. The van der Waals surface area contributed by atoms with Gasteiger partial charge in [-0.25, -0.2) is 9.38 Å². The van der Waals surface area contributed by atoms with E-state index in [0.29, 0.717) is 18.2 Å². The Labute approximate surface area is 183 Å². The quantitative estimate of drug-likeness (QED) is 0.509. The van der Waals surface area contributed by atoms with Crippen molar-refractivity contribution in [3.63, 3.8) is 0 Å². The molecule has 2 unspecified atom stereocenters. The second-order valence-electron chi connectivity index (χ2n) is 7.95. The number of amidine groups is 1. The molecule has 0 aliphatic carbocycles. The molecule has 3 aromatic carbocycles. The Hall–Kier alpha value is -3.12. The Morgan fingerprint density at radius 2 is 1.90 bits per heavy atom. The van der Waals surface area contributed by atoms with Gasteiger partial charge in [0.25, 0.3) is 0 Å². The van der Waals surface area contributed by atoms with Gasteiger partial charge in [-0.15, -0.1) is 0 Å². The summed E-state index contributed by atoms with van der Waals surface area (Å²) in [6.07, 6.45) is 0.639. The summed E-state index contributed by atoms with van der Waals surface area (Å²) in [6.45, 7) is 2.40. The molecule has 4 nitrogen and oxygen atoms in total. The lowest BCUT2D eigenvalue weighted by atomic mass is 9.90. The fraction of sp³-hybridized carbons (Fsp3) is 0.200. The van der Waals surface area contributed by atoms with Crippen LogP contribution < -0.4 is 4.74 Å². The van der Waals surface area contributed by atoms with Crippen LogP contribution in [0.5, 0.6) is 5.75 Å². The highest BCUT2D eigenvalue weighted by Gasteiger charge is 2.45. The number of amides is 1. The molecular formula is C25H19FN2O2S. The molecule has 6 heteroatoms. The first-order valence-corrected chi connectivity index (χ1v) is 11.2. The summed E-state index contributed by atoms with van der Waals surface area (Å²) in [5, 5.41) is 2.67. The van der Waals surface area contributed by atoms with Crippen LogP contribution in [-0.2, 0) is 4.79 Å². The lowest BCUT2D eigenvalue weighted by Crippen LogP contribution is -2.38. The summed E-state index contributed by atoms with van der Waals surface area (Å²) in [5.74, 6) is 0.578. The molecule has 0 N–H and O–H groups in total. The number of ether oxygens (including phenoxy) is 1. The van der Waals surface area contributed by atoms with Crippen molar-refractivity contribution < 1.29 is 13.9 Å². The van der Waals surface area contributed by atoms with Crippen molar-refractivity contribution in [1.29, 1.82) is 0 Å². The number of benzene rings is 3. The van der Waals surface area contributed by atoms with Gasteiger partial charge in [-0.05, 0) is 41.6 Å². The molecule has 1 amide bonds. The predicted molar refractivity (Wildman–Crippen MR) is 121 cm³/mol. The standard InChI is InChI=1S/C25H19FN2O2S/c1-14-24(29)28-22(16-6-9-17(26)10-7-16)19-12-13-30-23-18-5-3-2-4-15(18)8-11-20(23)21(19)27-25(28)31-14/h2-11,14,22H,12-13H2,1H3. The molecule has 31 heavy (non-hydrogen) atoms. The minimum absolute atomic E-state index is 0.0357. The summed E-state index contributed by atoms with van der Waals surface area (Å²) in [6, 6.07) is 18.4. The van der Waals surface area contributed by atoms with E-state index >= 15 is 0 Å². The fourth-order valence-electron chi connectivity index (χ4n) is 4.66. The summed E-state index contributed by atoms with van der Waals surface area (Å²) in [4.78, 5) is 19.8. The number of rotatable bonds is 1. The first-order chi connectivity index (χ1) is 15.1. The molecule has 3 aliphatic rings. The molecule has 1 fully saturated rings. The molecule has 3 heterocycles. The van der Waals surface area contributed by atoms with Crippen LogP contribution in [0.15, 0.2) is 71.2 Å². The van der Waals surface area contributed by atoms with Gasteiger partial charge in [0.1, 0.15) is 11.6 Å². The highest BCUT2D eigenvalue weighted by atomic mass is 32.2. The van der Waals surface area contributed by atoms with Crippen LogP contribution in [0, 0.1) is 5.82 Å². The SMILES string of the molecule is CC1SC2=NC3=C(CCOc4c3ccc3ccccc43)C(c3ccc(F)cc3)N2C1=O. The second kappa shape index (κ2) is 6.95. The number of hydrogen-bond acceptors (Lipinski definition) is 4. The van der Waals surface area contributed by atoms with Crippen LogP contribution in [0.25, 0.3) is 16.5 Å². The molecule has 0 spiro atoms. The first-order valence-electron chi connectivity index (χ1n) is 10.3. The minimum atomic E-state index is -0.311. The number of halogens is 1. The largest absolute Gasteiger partial charge is 0.492 e. The summed E-state index contributed by atoms with van der Waals surface area (Å²) < 4.78 is 19.9. The van der Waals surface area contributed by atoms with Crippen molar-refractivity contribution in [3.05, 3.63) is 83.2 Å². The van der Waals surface area contributed by atoms with Gasteiger partial charge in [-0.3, -0.25) is 9.69 Å². The fourth-order valence-corrected chi connectivity index (χ4v) is 5.64. The van der Waals surface area contributed by atoms with Gasteiger partial charge >= 0.3 is 0 Å². The van der Waals surface area contributed by atoms with E-state index in [2.05, 4.69) is 24.3 Å². The molecule has 6 rings (SSSR count). The Bertz CT molecular complexity index is 1300. The zero-order valence-electron chi connectivity index (χ0n) is 16.8. The maximum atomic E-state index is 13.7. The average Bonchev–Trinajstić information content (AvgIpc) is 2.95. The molecule has 154 valence electrons. The van der Waals surface area contributed by atoms with E-state index in [1.165, 1.54) is 23.9 Å². The van der Waals surface area contributed by atoms with E-state index in [1.807, 2.05) is 19.1 Å². The summed E-state index contributed by atoms with van der Waals surface area (Å²) >= 11 is 1.48. The van der Waals surface area contributed by atoms with Gasteiger partial charge in [0.05, 0.1) is 23.6 Å². The van der Waals surface area contributed by atoms with Crippen molar-refractivity contribution in [2.75, 3.05) is 6.61 Å². The van der Waals surface area contributed by atoms with Crippen molar-refractivity contribution in [1.82, 2.24) is 4.90 Å². The van der Waals surface area contributed by atoms with Gasteiger partial charge < -0.3 is 4.74 Å². The van der Waals surface area contributed by atoms with Crippen molar-refractivity contribution >= 4 is 39.3 Å². The lowest BCUT2D eigenvalue weighted by molar-refractivity contribution is -0.127. The van der Waals surface area contributed by atoms with E-state index in [-0.39, 0.29) is 23.0 Å². The smallest absolute Gasteiger partial charge is 0.242 e. The Morgan fingerprint density at radius 3 is 2.74 bits per heavy atom. The molecule has 2 atom stereocenters. The van der Waals surface area contributed by atoms with E-state index in [0.717, 1.165) is 38.9 Å².